The van der Waals surface area contributed by atoms with Gasteiger partial charge in [0.2, 0.25) is 0 Å². The lowest BCUT2D eigenvalue weighted by Gasteiger charge is -2.33. The van der Waals surface area contributed by atoms with Crippen LogP contribution < -0.4 is 4.90 Å². The molecule has 0 aliphatic rings. The third-order valence-corrected chi connectivity index (χ3v) is 9.89. The van der Waals surface area contributed by atoms with E-state index in [1.807, 2.05) is 6.08 Å². The van der Waals surface area contributed by atoms with Crippen molar-refractivity contribution in [1.82, 2.24) is 0 Å². The van der Waals surface area contributed by atoms with Crippen LogP contribution in [0.3, 0.4) is 0 Å². The molecule has 0 aliphatic carbocycles. The van der Waals surface area contributed by atoms with Gasteiger partial charge in [-0.25, -0.2) is 0 Å². The van der Waals surface area contributed by atoms with Gasteiger partial charge in [0.15, 0.2) is 0 Å². The van der Waals surface area contributed by atoms with Crippen LogP contribution in [0.1, 0.15) is 84.4 Å². The molecule has 3 unspecified atom stereocenters. The van der Waals surface area contributed by atoms with Crippen LogP contribution in [0.4, 0.5) is 17.1 Å². The lowest BCUT2D eigenvalue weighted by Crippen LogP contribution is -2.24. The number of benzene rings is 5. The van der Waals surface area contributed by atoms with Crippen molar-refractivity contribution in [2.75, 3.05) is 4.90 Å². The number of nitrogens with zero attached hydrogens (tertiary/aromatic N) is 1. The molecule has 1 heteroatoms. The van der Waals surface area contributed by atoms with Gasteiger partial charge in [0, 0.05) is 28.4 Å². The molecule has 0 aromatic heterocycles. The molecular formula is C46H51N. The van der Waals surface area contributed by atoms with Crippen molar-refractivity contribution in [1.29, 1.82) is 0 Å². The van der Waals surface area contributed by atoms with E-state index in [1.54, 1.807) is 0 Å². The van der Waals surface area contributed by atoms with Crippen LogP contribution in [0.2, 0.25) is 0 Å². The highest BCUT2D eigenvalue weighted by molar-refractivity contribution is 5.76. The van der Waals surface area contributed by atoms with Crippen molar-refractivity contribution < 1.29 is 0 Å². The standard InChI is InChI=1S/C46H51N/c1-8-11-33-46(7,40-23-21-39(22-24-40)45(37(10-3)12-9-2)38-19-13-34(4)14-20-38)41-25-31-44(32-26-41)47(42-27-15-35(5)16-28-42)43-29-17-36(6)18-30-43/h9-10,13-32,37,45H,2-3,8,11-12,33H2,1,4-7H3. The molecule has 0 N–H and O–H groups in total. The molecule has 0 bridgehead atoms. The van der Waals surface area contributed by atoms with E-state index in [9.17, 15) is 0 Å². The second-order valence-corrected chi connectivity index (χ2v) is 13.4. The normalized spacial score (nSPS) is 13.7. The van der Waals surface area contributed by atoms with Gasteiger partial charge >= 0.3 is 0 Å². The van der Waals surface area contributed by atoms with Gasteiger partial charge in [0.05, 0.1) is 0 Å². The number of anilines is 3. The van der Waals surface area contributed by atoms with Crippen LogP contribution >= 0.6 is 0 Å². The Morgan fingerprint density at radius 3 is 1.38 bits per heavy atom. The zero-order chi connectivity index (χ0) is 33.4. The van der Waals surface area contributed by atoms with E-state index in [2.05, 4.69) is 180 Å². The molecule has 1 nitrogen and oxygen atoms in total. The Morgan fingerprint density at radius 2 is 0.979 bits per heavy atom. The minimum Gasteiger partial charge on any atom is -0.311 e. The summed E-state index contributed by atoms with van der Waals surface area (Å²) in [4.78, 5) is 2.35. The molecule has 0 fully saturated rings. The van der Waals surface area contributed by atoms with Gasteiger partial charge in [-0.05, 0) is 98.2 Å². The Balaban J connectivity index is 1.52. The van der Waals surface area contributed by atoms with Crippen LogP contribution in [-0.2, 0) is 5.41 Å². The molecule has 47 heavy (non-hydrogen) atoms. The largest absolute Gasteiger partial charge is 0.311 e. The third kappa shape index (κ3) is 7.68. The highest BCUT2D eigenvalue weighted by Crippen LogP contribution is 2.42. The monoisotopic (exact) mass is 617 g/mol. The predicted octanol–water partition coefficient (Wildman–Crippen LogP) is 13.1. The second kappa shape index (κ2) is 15.3. The summed E-state index contributed by atoms with van der Waals surface area (Å²) >= 11 is 0. The Hall–Kier alpha value is -4.62. The van der Waals surface area contributed by atoms with Crippen molar-refractivity contribution in [3.63, 3.8) is 0 Å². The van der Waals surface area contributed by atoms with E-state index in [0.29, 0.717) is 0 Å². The van der Waals surface area contributed by atoms with Crippen molar-refractivity contribution in [3.8, 4) is 0 Å². The second-order valence-electron chi connectivity index (χ2n) is 13.4. The fourth-order valence-electron chi connectivity index (χ4n) is 6.88. The Kier molecular flexibility index (Phi) is 11.0. The topological polar surface area (TPSA) is 3.24 Å². The van der Waals surface area contributed by atoms with Crippen molar-refractivity contribution in [2.45, 2.75) is 71.6 Å². The Morgan fingerprint density at radius 1 is 0.596 bits per heavy atom. The maximum absolute atomic E-state index is 4.21. The summed E-state index contributed by atoms with van der Waals surface area (Å²) in [7, 11) is 0. The molecule has 0 heterocycles. The van der Waals surface area contributed by atoms with Gasteiger partial charge < -0.3 is 4.90 Å². The summed E-state index contributed by atoms with van der Waals surface area (Å²) < 4.78 is 0. The number of hydrogen-bond donors (Lipinski definition) is 0. The molecule has 240 valence electrons. The number of hydrogen-bond acceptors (Lipinski definition) is 1. The summed E-state index contributed by atoms with van der Waals surface area (Å²) in [6, 6.07) is 45.3. The molecule has 5 rings (SSSR count). The lowest BCUT2D eigenvalue weighted by atomic mass is 9.71. The molecule has 0 aliphatic heterocycles. The van der Waals surface area contributed by atoms with Crippen LogP contribution in [0, 0.1) is 26.7 Å². The minimum atomic E-state index is -0.107. The van der Waals surface area contributed by atoms with E-state index in [1.165, 1.54) is 51.8 Å². The highest BCUT2D eigenvalue weighted by atomic mass is 15.1. The third-order valence-electron chi connectivity index (χ3n) is 9.89. The van der Waals surface area contributed by atoms with Crippen LogP contribution in [-0.4, -0.2) is 0 Å². The quantitative estimate of drug-likeness (QED) is 0.112. The van der Waals surface area contributed by atoms with Gasteiger partial charge in [-0.15, -0.1) is 13.2 Å². The van der Waals surface area contributed by atoms with E-state index in [0.717, 1.165) is 29.9 Å². The van der Waals surface area contributed by atoms with Crippen LogP contribution in [0.25, 0.3) is 0 Å². The average molecular weight is 618 g/mol. The Bertz CT molecular complexity index is 1680. The summed E-state index contributed by atoms with van der Waals surface area (Å²) in [6.45, 7) is 19.4. The first-order valence-electron chi connectivity index (χ1n) is 17.2. The molecule has 0 radical (unpaired) electrons. The summed E-state index contributed by atoms with van der Waals surface area (Å²) in [5.74, 6) is 0.515. The average Bonchev–Trinajstić information content (AvgIpc) is 3.10. The van der Waals surface area contributed by atoms with Gasteiger partial charge in [0.1, 0.15) is 0 Å². The first kappa shape index (κ1) is 33.7. The van der Waals surface area contributed by atoms with E-state index in [4.69, 9.17) is 0 Å². The fourth-order valence-corrected chi connectivity index (χ4v) is 6.88. The molecule has 0 spiro atoms. The summed E-state index contributed by atoms with van der Waals surface area (Å²) in [5, 5.41) is 0. The lowest BCUT2D eigenvalue weighted by molar-refractivity contribution is 0.492. The SMILES string of the molecule is C=CCC(C=C)C(c1ccc(C)cc1)c1ccc(C(C)(CCCC)c2ccc(N(c3ccc(C)cc3)c3ccc(C)cc3)cc2)cc1. The summed E-state index contributed by atoms with van der Waals surface area (Å²) in [6.07, 6.45) is 8.44. The molecule has 0 saturated carbocycles. The smallest absolute Gasteiger partial charge is 0.0461 e. The van der Waals surface area contributed by atoms with Crippen molar-refractivity contribution in [3.05, 3.63) is 186 Å². The van der Waals surface area contributed by atoms with Crippen LogP contribution in [0.15, 0.2) is 147 Å². The van der Waals surface area contributed by atoms with Gasteiger partial charge in [-0.1, -0.05) is 140 Å². The van der Waals surface area contributed by atoms with Gasteiger partial charge in [-0.2, -0.15) is 0 Å². The van der Waals surface area contributed by atoms with Crippen LogP contribution in [0.5, 0.6) is 0 Å². The first-order chi connectivity index (χ1) is 22.8. The summed E-state index contributed by atoms with van der Waals surface area (Å²) in [5.41, 5.74) is 12.5. The van der Waals surface area contributed by atoms with Crippen molar-refractivity contribution >= 4 is 17.1 Å². The molecule has 5 aromatic rings. The maximum Gasteiger partial charge on any atom is 0.0461 e. The zero-order valence-electron chi connectivity index (χ0n) is 29.0. The number of allylic oxidation sites excluding steroid dienone is 2. The van der Waals surface area contributed by atoms with Gasteiger partial charge in [-0.3, -0.25) is 0 Å². The minimum absolute atomic E-state index is 0.107. The highest BCUT2D eigenvalue weighted by Gasteiger charge is 2.30. The zero-order valence-corrected chi connectivity index (χ0v) is 29.0. The van der Waals surface area contributed by atoms with E-state index < -0.39 is 0 Å². The molecule has 3 atom stereocenters. The number of unbranched alkanes of at least 4 members (excludes halogenated alkanes) is 1. The molecular weight excluding hydrogens is 567 g/mol. The van der Waals surface area contributed by atoms with Gasteiger partial charge in [0.25, 0.3) is 0 Å². The first-order valence-corrected chi connectivity index (χ1v) is 17.2. The molecule has 0 amide bonds. The molecule has 5 aromatic carbocycles. The predicted molar refractivity (Wildman–Crippen MR) is 205 cm³/mol. The number of aryl methyl sites for hydroxylation is 3. The number of rotatable bonds is 14. The molecule has 0 saturated heterocycles. The van der Waals surface area contributed by atoms with E-state index >= 15 is 0 Å². The van der Waals surface area contributed by atoms with E-state index in [-0.39, 0.29) is 17.3 Å². The van der Waals surface area contributed by atoms with Crippen molar-refractivity contribution in [2.24, 2.45) is 5.92 Å². The Labute approximate surface area is 284 Å². The fraction of sp³-hybridized carbons (Fsp3) is 0.261. The maximum atomic E-state index is 4.21.